The van der Waals surface area contributed by atoms with E-state index in [-0.39, 0.29) is 18.9 Å². The summed E-state index contributed by atoms with van der Waals surface area (Å²) in [4.78, 5) is 25.3. The van der Waals surface area contributed by atoms with Crippen molar-refractivity contribution in [3.63, 3.8) is 0 Å². The number of aromatic nitrogens is 1. The number of benzene rings is 1. The highest BCUT2D eigenvalue weighted by atomic mass is 16.4. The molecule has 1 aromatic carbocycles. The quantitative estimate of drug-likeness (QED) is 0.868. The molecule has 1 unspecified atom stereocenters. The number of hydrogen-bond donors (Lipinski definition) is 1. The number of aliphatic hydroxyl groups excluding tert-OH is 1. The molecule has 0 saturated carbocycles. The molecule has 21 heavy (non-hydrogen) atoms. The average Bonchev–Trinajstić information content (AvgIpc) is 2.77. The third-order valence-corrected chi connectivity index (χ3v) is 3.43. The van der Waals surface area contributed by atoms with Crippen molar-refractivity contribution in [1.82, 2.24) is 9.47 Å². The van der Waals surface area contributed by atoms with Gasteiger partial charge in [0, 0.05) is 26.6 Å². The SMILES string of the molecule is CC(O)CCN(C)C(=O)CCn1c(=O)oc2ccccc21. The standard InChI is InChI=1S/C15H20N2O4/c1-11(18)7-9-16(2)14(19)8-10-17-12-5-3-4-6-13(12)21-15(17)20/h3-6,11,18H,7-10H2,1-2H3. The fourth-order valence-electron chi connectivity index (χ4n) is 2.13. The van der Waals surface area contributed by atoms with Gasteiger partial charge in [-0.05, 0) is 25.5 Å². The number of carbonyl (C=O) groups is 1. The zero-order valence-electron chi connectivity index (χ0n) is 12.3. The first kappa shape index (κ1) is 15.3. The summed E-state index contributed by atoms with van der Waals surface area (Å²) < 4.78 is 6.59. The molecule has 1 atom stereocenters. The van der Waals surface area contributed by atoms with Crippen LogP contribution >= 0.6 is 0 Å². The summed E-state index contributed by atoms with van der Waals surface area (Å²) in [7, 11) is 1.70. The Hall–Kier alpha value is -2.08. The van der Waals surface area contributed by atoms with Gasteiger partial charge >= 0.3 is 5.76 Å². The Bertz CT molecular complexity index is 672. The second-order valence-corrected chi connectivity index (χ2v) is 5.19. The van der Waals surface area contributed by atoms with Gasteiger partial charge < -0.3 is 14.4 Å². The summed E-state index contributed by atoms with van der Waals surface area (Å²) in [5, 5.41) is 9.22. The summed E-state index contributed by atoms with van der Waals surface area (Å²) in [5.74, 6) is -0.511. The molecule has 114 valence electrons. The minimum Gasteiger partial charge on any atom is -0.408 e. The number of para-hydroxylation sites is 2. The van der Waals surface area contributed by atoms with E-state index in [9.17, 15) is 14.7 Å². The first-order chi connectivity index (χ1) is 9.99. The predicted octanol–water partition coefficient (Wildman–Crippen LogP) is 1.21. The molecule has 0 aliphatic carbocycles. The van der Waals surface area contributed by atoms with Crippen molar-refractivity contribution < 1.29 is 14.3 Å². The molecule has 0 aliphatic heterocycles. The van der Waals surface area contributed by atoms with Gasteiger partial charge in [-0.1, -0.05) is 12.1 Å². The van der Waals surface area contributed by atoms with E-state index in [0.29, 0.717) is 24.1 Å². The van der Waals surface area contributed by atoms with Crippen LogP contribution in [0.2, 0.25) is 0 Å². The van der Waals surface area contributed by atoms with Gasteiger partial charge in [-0.25, -0.2) is 4.79 Å². The lowest BCUT2D eigenvalue weighted by atomic mass is 10.2. The molecule has 6 nitrogen and oxygen atoms in total. The summed E-state index contributed by atoms with van der Waals surface area (Å²) in [5.41, 5.74) is 1.22. The van der Waals surface area contributed by atoms with E-state index in [0.717, 1.165) is 0 Å². The van der Waals surface area contributed by atoms with Crippen LogP contribution in [0.3, 0.4) is 0 Å². The lowest BCUT2D eigenvalue weighted by molar-refractivity contribution is -0.130. The number of aliphatic hydroxyl groups is 1. The van der Waals surface area contributed by atoms with Crippen molar-refractivity contribution >= 4 is 17.0 Å². The first-order valence-corrected chi connectivity index (χ1v) is 6.99. The van der Waals surface area contributed by atoms with Crippen molar-refractivity contribution in [2.75, 3.05) is 13.6 Å². The summed E-state index contributed by atoms with van der Waals surface area (Å²) >= 11 is 0. The Morgan fingerprint density at radius 1 is 1.43 bits per heavy atom. The van der Waals surface area contributed by atoms with Gasteiger partial charge in [-0.2, -0.15) is 0 Å². The number of aryl methyl sites for hydroxylation is 1. The van der Waals surface area contributed by atoms with E-state index in [4.69, 9.17) is 4.42 Å². The number of oxazole rings is 1. The largest absolute Gasteiger partial charge is 0.419 e. The Kier molecular flexibility index (Phi) is 4.80. The van der Waals surface area contributed by atoms with Crippen LogP contribution in [0, 0.1) is 0 Å². The highest BCUT2D eigenvalue weighted by Gasteiger charge is 2.13. The van der Waals surface area contributed by atoms with Gasteiger partial charge in [0.05, 0.1) is 11.6 Å². The predicted molar refractivity (Wildman–Crippen MR) is 79.0 cm³/mol. The minimum absolute atomic E-state index is 0.0622. The Morgan fingerprint density at radius 3 is 2.86 bits per heavy atom. The molecule has 0 aliphatic rings. The van der Waals surface area contributed by atoms with Gasteiger partial charge in [-0.3, -0.25) is 9.36 Å². The van der Waals surface area contributed by atoms with Crippen LogP contribution in [0.4, 0.5) is 0 Å². The molecule has 1 amide bonds. The number of hydrogen-bond acceptors (Lipinski definition) is 4. The van der Waals surface area contributed by atoms with E-state index < -0.39 is 11.9 Å². The molecule has 2 aromatic rings. The summed E-state index contributed by atoms with van der Waals surface area (Å²) in [6.45, 7) is 2.47. The Labute approximate surface area is 122 Å². The third kappa shape index (κ3) is 3.72. The van der Waals surface area contributed by atoms with Gasteiger partial charge in [0.2, 0.25) is 5.91 Å². The first-order valence-electron chi connectivity index (χ1n) is 6.99. The molecule has 2 rings (SSSR count). The van der Waals surface area contributed by atoms with Crippen molar-refractivity contribution in [2.45, 2.75) is 32.4 Å². The van der Waals surface area contributed by atoms with Crippen molar-refractivity contribution in [3.05, 3.63) is 34.8 Å². The lowest BCUT2D eigenvalue weighted by Crippen LogP contribution is -2.30. The number of fused-ring (bicyclic) bond motifs is 1. The molecule has 0 radical (unpaired) electrons. The molecule has 1 aromatic heterocycles. The molecule has 0 bridgehead atoms. The van der Waals surface area contributed by atoms with Crippen molar-refractivity contribution in [3.8, 4) is 0 Å². The molecule has 0 saturated heterocycles. The van der Waals surface area contributed by atoms with Crippen LogP contribution in [0.15, 0.2) is 33.5 Å². The maximum absolute atomic E-state index is 12.0. The van der Waals surface area contributed by atoms with E-state index in [1.54, 1.807) is 37.1 Å². The van der Waals surface area contributed by atoms with Crippen LogP contribution in [-0.2, 0) is 11.3 Å². The summed E-state index contributed by atoms with van der Waals surface area (Å²) in [6.07, 6.45) is 0.331. The fourth-order valence-corrected chi connectivity index (χ4v) is 2.13. The molecular weight excluding hydrogens is 272 g/mol. The van der Waals surface area contributed by atoms with Gasteiger partial charge in [0.15, 0.2) is 5.58 Å². The zero-order chi connectivity index (χ0) is 15.4. The van der Waals surface area contributed by atoms with E-state index in [1.807, 2.05) is 6.07 Å². The van der Waals surface area contributed by atoms with Crippen LogP contribution in [-0.4, -0.2) is 40.2 Å². The Balaban J connectivity index is 2.00. The number of nitrogens with zero attached hydrogens (tertiary/aromatic N) is 2. The van der Waals surface area contributed by atoms with Gasteiger partial charge in [0.1, 0.15) is 0 Å². The number of carbonyl (C=O) groups excluding carboxylic acids is 1. The maximum atomic E-state index is 12.0. The smallest absolute Gasteiger partial charge is 0.408 e. The molecule has 1 N–H and O–H groups in total. The maximum Gasteiger partial charge on any atom is 0.419 e. The van der Waals surface area contributed by atoms with Crippen LogP contribution in [0.1, 0.15) is 19.8 Å². The zero-order valence-corrected chi connectivity index (χ0v) is 12.3. The second kappa shape index (κ2) is 6.58. The molecule has 0 spiro atoms. The lowest BCUT2D eigenvalue weighted by Gasteiger charge is -2.18. The van der Waals surface area contributed by atoms with E-state index >= 15 is 0 Å². The third-order valence-electron chi connectivity index (χ3n) is 3.43. The van der Waals surface area contributed by atoms with E-state index in [1.165, 1.54) is 4.57 Å². The van der Waals surface area contributed by atoms with Crippen molar-refractivity contribution in [2.24, 2.45) is 0 Å². The van der Waals surface area contributed by atoms with Crippen LogP contribution in [0.5, 0.6) is 0 Å². The topological polar surface area (TPSA) is 75.7 Å². The van der Waals surface area contributed by atoms with E-state index in [2.05, 4.69) is 0 Å². The highest BCUT2D eigenvalue weighted by molar-refractivity contribution is 5.76. The molecule has 0 fully saturated rings. The second-order valence-electron chi connectivity index (χ2n) is 5.19. The molecule has 6 heteroatoms. The number of amides is 1. The minimum atomic E-state index is -0.448. The normalized spacial score (nSPS) is 12.5. The van der Waals surface area contributed by atoms with Gasteiger partial charge in [0.25, 0.3) is 0 Å². The van der Waals surface area contributed by atoms with Gasteiger partial charge in [-0.15, -0.1) is 0 Å². The molecule has 1 heterocycles. The monoisotopic (exact) mass is 292 g/mol. The van der Waals surface area contributed by atoms with Crippen LogP contribution < -0.4 is 5.76 Å². The molecular formula is C15H20N2O4. The highest BCUT2D eigenvalue weighted by Crippen LogP contribution is 2.12. The number of rotatable bonds is 6. The summed E-state index contributed by atoms with van der Waals surface area (Å²) in [6, 6.07) is 7.14. The van der Waals surface area contributed by atoms with Crippen molar-refractivity contribution in [1.29, 1.82) is 0 Å². The average molecular weight is 292 g/mol. The van der Waals surface area contributed by atoms with Crippen LogP contribution in [0.25, 0.3) is 11.1 Å². The Morgan fingerprint density at radius 2 is 2.14 bits per heavy atom. The fraction of sp³-hybridized carbons (Fsp3) is 0.467.